The van der Waals surface area contributed by atoms with Crippen molar-refractivity contribution in [3.05, 3.63) is 65.7 Å². The predicted molar refractivity (Wildman–Crippen MR) is 88.5 cm³/mol. The van der Waals surface area contributed by atoms with Gasteiger partial charge in [0.2, 0.25) is 0 Å². The molecule has 3 N–H and O–H groups in total. The Morgan fingerprint density at radius 1 is 1.05 bits per heavy atom. The summed E-state index contributed by atoms with van der Waals surface area (Å²) < 4.78 is 0. The van der Waals surface area contributed by atoms with E-state index in [4.69, 9.17) is 5.73 Å². The molecule has 1 atom stereocenters. The van der Waals surface area contributed by atoms with Gasteiger partial charge in [-0.15, -0.1) is 0 Å². The fraction of sp³-hybridized carbons (Fsp3) is 0.333. The van der Waals surface area contributed by atoms with E-state index in [2.05, 4.69) is 30.9 Å². The van der Waals surface area contributed by atoms with Crippen molar-refractivity contribution in [1.82, 2.24) is 0 Å². The van der Waals surface area contributed by atoms with Crippen molar-refractivity contribution in [3.63, 3.8) is 0 Å². The molecule has 0 aliphatic heterocycles. The maximum absolute atomic E-state index is 11.0. The van der Waals surface area contributed by atoms with Gasteiger partial charge in [0.1, 0.15) is 5.60 Å². The van der Waals surface area contributed by atoms with E-state index in [1.807, 2.05) is 42.5 Å². The molecule has 0 saturated heterocycles. The molecule has 0 saturated carbocycles. The number of nitrogens with two attached hydrogens (primary N) is 1. The van der Waals surface area contributed by atoms with Crippen LogP contribution in [0.1, 0.15) is 18.1 Å². The predicted octanol–water partition coefficient (Wildman–Crippen LogP) is 2.67. The van der Waals surface area contributed by atoms with Crippen LogP contribution in [0.2, 0.25) is 0 Å². The van der Waals surface area contributed by atoms with Crippen LogP contribution in [0.15, 0.2) is 54.6 Å². The minimum atomic E-state index is -1.04. The smallest absolute Gasteiger partial charge is 0.119 e. The van der Waals surface area contributed by atoms with Gasteiger partial charge in [0.15, 0.2) is 0 Å². The topological polar surface area (TPSA) is 49.5 Å². The molecule has 0 amide bonds. The molecule has 0 aliphatic rings. The Bertz CT molecular complexity index is 570. The third kappa shape index (κ3) is 3.43. The SMILES string of the molecule is CCN(CC(O)(CN)c1ccccc1)c1ccccc1C. The first-order chi connectivity index (χ1) is 10.1. The molecule has 0 aliphatic carbocycles. The first-order valence-corrected chi connectivity index (χ1v) is 7.39. The normalized spacial score (nSPS) is 13.7. The molecule has 0 bridgehead atoms. The van der Waals surface area contributed by atoms with E-state index in [1.54, 1.807) is 0 Å². The quantitative estimate of drug-likeness (QED) is 0.857. The summed E-state index contributed by atoms with van der Waals surface area (Å²) in [6.45, 7) is 5.67. The summed E-state index contributed by atoms with van der Waals surface area (Å²) in [5, 5.41) is 11.0. The van der Waals surface area contributed by atoms with Crippen LogP contribution < -0.4 is 10.6 Å². The van der Waals surface area contributed by atoms with Gasteiger partial charge in [0, 0.05) is 18.8 Å². The molecule has 0 heterocycles. The molecule has 3 heteroatoms. The highest BCUT2D eigenvalue weighted by Crippen LogP contribution is 2.26. The molecule has 112 valence electrons. The third-order valence-corrected chi connectivity index (χ3v) is 3.94. The molecule has 21 heavy (non-hydrogen) atoms. The highest BCUT2D eigenvalue weighted by atomic mass is 16.3. The van der Waals surface area contributed by atoms with Crippen LogP contribution >= 0.6 is 0 Å². The Morgan fingerprint density at radius 2 is 1.67 bits per heavy atom. The number of nitrogens with zero attached hydrogens (tertiary/aromatic N) is 1. The largest absolute Gasteiger partial charge is 0.382 e. The first kappa shape index (κ1) is 15.5. The van der Waals surface area contributed by atoms with Crippen molar-refractivity contribution in [2.75, 3.05) is 24.5 Å². The van der Waals surface area contributed by atoms with Gasteiger partial charge in [0.05, 0.1) is 6.54 Å². The highest BCUT2D eigenvalue weighted by molar-refractivity contribution is 5.53. The van der Waals surface area contributed by atoms with Crippen LogP contribution in [0.25, 0.3) is 0 Å². The zero-order valence-electron chi connectivity index (χ0n) is 12.8. The van der Waals surface area contributed by atoms with E-state index >= 15 is 0 Å². The van der Waals surface area contributed by atoms with Gasteiger partial charge in [0.25, 0.3) is 0 Å². The van der Waals surface area contributed by atoms with Gasteiger partial charge in [-0.3, -0.25) is 0 Å². The highest BCUT2D eigenvalue weighted by Gasteiger charge is 2.30. The van der Waals surface area contributed by atoms with Crippen LogP contribution in [-0.4, -0.2) is 24.7 Å². The fourth-order valence-corrected chi connectivity index (χ4v) is 2.62. The number of aryl methyl sites for hydroxylation is 1. The molecule has 0 fully saturated rings. The van der Waals surface area contributed by atoms with E-state index in [-0.39, 0.29) is 6.54 Å². The Labute approximate surface area is 127 Å². The third-order valence-electron chi connectivity index (χ3n) is 3.94. The second-order valence-corrected chi connectivity index (χ2v) is 5.40. The molecule has 1 unspecified atom stereocenters. The fourth-order valence-electron chi connectivity index (χ4n) is 2.62. The second kappa shape index (κ2) is 6.74. The number of rotatable bonds is 6. The number of likely N-dealkylation sites (N-methyl/N-ethyl adjacent to an activating group) is 1. The summed E-state index contributed by atoms with van der Waals surface area (Å²) in [6, 6.07) is 17.9. The first-order valence-electron chi connectivity index (χ1n) is 7.39. The summed E-state index contributed by atoms with van der Waals surface area (Å²) in [7, 11) is 0. The number of hydrogen-bond acceptors (Lipinski definition) is 3. The summed E-state index contributed by atoms with van der Waals surface area (Å²) in [5.74, 6) is 0. The van der Waals surface area contributed by atoms with Crippen molar-refractivity contribution in [2.24, 2.45) is 5.73 Å². The van der Waals surface area contributed by atoms with Crippen LogP contribution in [0.3, 0.4) is 0 Å². The van der Waals surface area contributed by atoms with E-state index < -0.39 is 5.60 Å². The van der Waals surface area contributed by atoms with Crippen molar-refractivity contribution in [2.45, 2.75) is 19.4 Å². The van der Waals surface area contributed by atoms with Gasteiger partial charge in [-0.25, -0.2) is 0 Å². The van der Waals surface area contributed by atoms with Gasteiger partial charge in [-0.2, -0.15) is 0 Å². The minimum Gasteiger partial charge on any atom is -0.382 e. The Hall–Kier alpha value is -1.84. The van der Waals surface area contributed by atoms with E-state index in [9.17, 15) is 5.11 Å². The van der Waals surface area contributed by atoms with Crippen molar-refractivity contribution >= 4 is 5.69 Å². The maximum Gasteiger partial charge on any atom is 0.119 e. The van der Waals surface area contributed by atoms with Crippen molar-refractivity contribution in [3.8, 4) is 0 Å². The molecular weight excluding hydrogens is 260 g/mol. The molecule has 0 radical (unpaired) electrons. The number of anilines is 1. The molecule has 0 aromatic heterocycles. The lowest BCUT2D eigenvalue weighted by atomic mass is 9.93. The monoisotopic (exact) mass is 284 g/mol. The lowest BCUT2D eigenvalue weighted by Crippen LogP contribution is -2.46. The maximum atomic E-state index is 11.0. The summed E-state index contributed by atoms with van der Waals surface area (Å²) >= 11 is 0. The zero-order chi connectivity index (χ0) is 15.3. The number of benzene rings is 2. The Balaban J connectivity index is 2.30. The zero-order valence-corrected chi connectivity index (χ0v) is 12.8. The van der Waals surface area contributed by atoms with Crippen LogP contribution in [0.4, 0.5) is 5.69 Å². The summed E-state index contributed by atoms with van der Waals surface area (Å²) in [5.41, 5.74) is 8.04. The van der Waals surface area contributed by atoms with E-state index in [1.165, 1.54) is 5.56 Å². The molecule has 0 spiro atoms. The molecule has 3 nitrogen and oxygen atoms in total. The van der Waals surface area contributed by atoms with Gasteiger partial charge < -0.3 is 15.7 Å². The number of aliphatic hydroxyl groups is 1. The summed E-state index contributed by atoms with van der Waals surface area (Å²) in [6.07, 6.45) is 0. The standard InChI is InChI=1S/C18H24N2O/c1-3-20(17-12-8-7-9-15(17)2)14-18(21,13-19)16-10-5-4-6-11-16/h4-12,21H,3,13-14,19H2,1-2H3. The van der Waals surface area contributed by atoms with Crippen molar-refractivity contribution < 1.29 is 5.11 Å². The molecular formula is C18H24N2O. The molecule has 2 aromatic rings. The Morgan fingerprint density at radius 3 is 2.24 bits per heavy atom. The van der Waals surface area contributed by atoms with Gasteiger partial charge >= 0.3 is 0 Å². The average Bonchev–Trinajstić information content (AvgIpc) is 2.54. The van der Waals surface area contributed by atoms with Gasteiger partial charge in [-0.05, 0) is 31.0 Å². The minimum absolute atomic E-state index is 0.194. The lowest BCUT2D eigenvalue weighted by molar-refractivity contribution is 0.0533. The van der Waals surface area contributed by atoms with Gasteiger partial charge in [-0.1, -0.05) is 48.5 Å². The molecule has 2 rings (SSSR count). The average molecular weight is 284 g/mol. The number of para-hydroxylation sites is 1. The second-order valence-electron chi connectivity index (χ2n) is 5.40. The van der Waals surface area contributed by atoms with E-state index in [0.29, 0.717) is 6.54 Å². The van der Waals surface area contributed by atoms with Crippen molar-refractivity contribution in [1.29, 1.82) is 0 Å². The molecule has 2 aromatic carbocycles. The number of hydrogen-bond donors (Lipinski definition) is 2. The Kier molecular flexibility index (Phi) is 4.99. The van der Waals surface area contributed by atoms with Crippen LogP contribution in [0.5, 0.6) is 0 Å². The summed E-state index contributed by atoms with van der Waals surface area (Å²) in [4.78, 5) is 2.18. The lowest BCUT2D eigenvalue weighted by Gasteiger charge is -2.35. The van der Waals surface area contributed by atoms with Crippen LogP contribution in [-0.2, 0) is 5.60 Å². The van der Waals surface area contributed by atoms with E-state index in [0.717, 1.165) is 17.8 Å². The van der Waals surface area contributed by atoms with Crippen LogP contribution in [0, 0.1) is 6.92 Å².